The van der Waals surface area contributed by atoms with Crippen LogP contribution in [-0.2, 0) is 6.42 Å². The first-order chi connectivity index (χ1) is 13.6. The Hall–Kier alpha value is -3.59. The summed E-state index contributed by atoms with van der Waals surface area (Å²) in [4.78, 5) is 8.18. The first-order valence-electron chi connectivity index (χ1n) is 8.19. The zero-order valence-electron chi connectivity index (χ0n) is 14.3. The minimum Gasteiger partial charge on any atom is -0.507 e. The second-order valence-electron chi connectivity index (χ2n) is 5.85. The van der Waals surface area contributed by atoms with Crippen molar-refractivity contribution in [1.82, 2.24) is 30.6 Å². The molecule has 0 aliphatic heterocycles. The molecule has 0 radical (unpaired) electrons. The molecule has 4 aromatic rings. The Kier molecular flexibility index (Phi) is 4.81. The number of rotatable bonds is 5. The van der Waals surface area contributed by atoms with E-state index in [1.807, 2.05) is 12.1 Å². The first kappa shape index (κ1) is 17.8. The fourth-order valence-electron chi connectivity index (χ4n) is 2.61. The second kappa shape index (κ2) is 7.57. The van der Waals surface area contributed by atoms with Gasteiger partial charge in [-0.25, -0.2) is 14.4 Å². The first-order valence-corrected chi connectivity index (χ1v) is 8.56. The number of hydrogen-bond acceptors (Lipinski definition) is 7. The summed E-state index contributed by atoms with van der Waals surface area (Å²) in [6, 6.07) is 12.0. The van der Waals surface area contributed by atoms with E-state index in [1.54, 1.807) is 24.3 Å². The Morgan fingerprint density at radius 3 is 2.79 bits per heavy atom. The maximum absolute atomic E-state index is 14.1. The third-order valence-corrected chi connectivity index (χ3v) is 4.34. The quantitative estimate of drug-likeness (QED) is 0.472. The molecule has 0 atom stereocenters. The van der Waals surface area contributed by atoms with E-state index >= 15 is 0 Å². The highest BCUT2D eigenvalue weighted by Gasteiger charge is 2.12. The van der Waals surface area contributed by atoms with Crippen molar-refractivity contribution in [3.8, 4) is 17.1 Å². The molecule has 0 saturated carbocycles. The van der Waals surface area contributed by atoms with E-state index in [9.17, 15) is 9.50 Å². The molecule has 0 unspecified atom stereocenters. The number of H-pyrrole nitrogens is 1. The number of phenolic OH excluding ortho intramolecular Hbond substituents is 1. The third kappa shape index (κ3) is 3.74. The molecule has 2 aromatic heterocycles. The van der Waals surface area contributed by atoms with Crippen LogP contribution in [0.3, 0.4) is 0 Å². The molecule has 4 rings (SSSR count). The molecule has 0 aliphatic rings. The molecule has 10 heteroatoms. The minimum atomic E-state index is -0.527. The number of benzene rings is 2. The maximum atomic E-state index is 14.1. The SMILES string of the molecule is Oc1cc(Nc2ncc(F)c(Cc3ccccc3Cl)n2)ccc1-c1nn[nH]n1. The van der Waals surface area contributed by atoms with E-state index in [0.717, 1.165) is 11.8 Å². The number of nitrogens with one attached hydrogen (secondary N) is 2. The van der Waals surface area contributed by atoms with Gasteiger partial charge in [0.15, 0.2) is 5.82 Å². The molecule has 2 heterocycles. The van der Waals surface area contributed by atoms with Crippen molar-refractivity contribution in [3.63, 3.8) is 0 Å². The molecule has 28 heavy (non-hydrogen) atoms. The lowest BCUT2D eigenvalue weighted by atomic mass is 10.1. The molecule has 0 amide bonds. The Morgan fingerprint density at radius 2 is 2.04 bits per heavy atom. The topological polar surface area (TPSA) is 113 Å². The van der Waals surface area contributed by atoms with Crippen LogP contribution in [0.1, 0.15) is 11.3 Å². The van der Waals surface area contributed by atoms with Crippen molar-refractivity contribution in [2.45, 2.75) is 6.42 Å². The van der Waals surface area contributed by atoms with Gasteiger partial charge in [0.1, 0.15) is 5.75 Å². The molecule has 0 saturated heterocycles. The lowest BCUT2D eigenvalue weighted by molar-refractivity contribution is 0.477. The van der Waals surface area contributed by atoms with Crippen molar-refractivity contribution in [2.75, 3.05) is 5.32 Å². The van der Waals surface area contributed by atoms with Crippen molar-refractivity contribution < 1.29 is 9.50 Å². The Labute approximate surface area is 163 Å². The summed E-state index contributed by atoms with van der Waals surface area (Å²) in [6.07, 6.45) is 1.32. The average molecular weight is 398 g/mol. The van der Waals surface area contributed by atoms with Gasteiger partial charge in [0.05, 0.1) is 17.5 Å². The molecule has 2 aromatic carbocycles. The van der Waals surface area contributed by atoms with Crippen LogP contribution >= 0.6 is 11.6 Å². The number of phenols is 1. The number of halogens is 2. The van der Waals surface area contributed by atoms with Crippen LogP contribution in [-0.4, -0.2) is 35.7 Å². The van der Waals surface area contributed by atoms with Crippen LogP contribution in [0, 0.1) is 5.82 Å². The average Bonchev–Trinajstić information content (AvgIpc) is 3.21. The lowest BCUT2D eigenvalue weighted by Crippen LogP contribution is -2.04. The summed E-state index contributed by atoms with van der Waals surface area (Å²) >= 11 is 6.14. The van der Waals surface area contributed by atoms with Crippen molar-refractivity contribution in [2.24, 2.45) is 0 Å². The van der Waals surface area contributed by atoms with Crippen molar-refractivity contribution in [1.29, 1.82) is 0 Å². The van der Waals surface area contributed by atoms with Gasteiger partial charge in [-0.1, -0.05) is 29.8 Å². The van der Waals surface area contributed by atoms with Crippen LogP contribution in [0.4, 0.5) is 16.0 Å². The van der Waals surface area contributed by atoms with E-state index < -0.39 is 5.82 Å². The van der Waals surface area contributed by atoms with E-state index in [0.29, 0.717) is 16.3 Å². The number of anilines is 2. The molecule has 8 nitrogen and oxygen atoms in total. The molecular weight excluding hydrogens is 385 g/mol. The molecule has 0 bridgehead atoms. The van der Waals surface area contributed by atoms with Crippen molar-refractivity contribution >= 4 is 23.2 Å². The van der Waals surface area contributed by atoms with E-state index in [2.05, 4.69) is 35.9 Å². The van der Waals surface area contributed by atoms with Gasteiger partial charge in [-0.2, -0.15) is 5.21 Å². The maximum Gasteiger partial charge on any atom is 0.227 e. The van der Waals surface area contributed by atoms with Gasteiger partial charge in [-0.3, -0.25) is 0 Å². The number of aromatic amines is 1. The predicted octanol–water partition coefficient (Wildman–Crippen LogP) is 3.49. The van der Waals surface area contributed by atoms with Gasteiger partial charge in [0, 0.05) is 23.2 Å². The Bertz CT molecular complexity index is 1120. The normalized spacial score (nSPS) is 10.8. The highest BCUT2D eigenvalue weighted by molar-refractivity contribution is 6.31. The molecule has 140 valence electrons. The highest BCUT2D eigenvalue weighted by atomic mass is 35.5. The summed E-state index contributed by atoms with van der Waals surface area (Å²) in [5.74, 6) is -0.121. The lowest BCUT2D eigenvalue weighted by Gasteiger charge is -2.09. The van der Waals surface area contributed by atoms with Crippen LogP contribution in [0.2, 0.25) is 5.02 Å². The third-order valence-electron chi connectivity index (χ3n) is 3.97. The van der Waals surface area contributed by atoms with Crippen LogP contribution in [0.5, 0.6) is 5.75 Å². The number of aromatic hydroxyl groups is 1. The molecule has 3 N–H and O–H groups in total. The highest BCUT2D eigenvalue weighted by Crippen LogP contribution is 2.29. The molecule has 0 spiro atoms. The summed E-state index contributed by atoms with van der Waals surface area (Å²) < 4.78 is 14.1. The fourth-order valence-corrected chi connectivity index (χ4v) is 2.81. The van der Waals surface area contributed by atoms with Gasteiger partial charge in [-0.05, 0) is 29.0 Å². The van der Waals surface area contributed by atoms with Gasteiger partial charge in [0.25, 0.3) is 0 Å². The zero-order valence-corrected chi connectivity index (χ0v) is 15.0. The zero-order chi connectivity index (χ0) is 19.5. The van der Waals surface area contributed by atoms with Crippen molar-refractivity contribution in [3.05, 3.63) is 70.8 Å². The standard InChI is InChI=1S/C18H13ClFN7O/c19-13-4-2-1-3-10(13)7-15-14(20)9-21-18(23-15)22-11-5-6-12(16(28)8-11)17-24-26-27-25-17/h1-6,8-9,28H,7H2,(H,21,22,23)(H,24,25,26,27). The van der Waals surface area contributed by atoms with E-state index in [4.69, 9.17) is 11.6 Å². The monoisotopic (exact) mass is 397 g/mol. The largest absolute Gasteiger partial charge is 0.507 e. The van der Waals surface area contributed by atoms with E-state index in [1.165, 1.54) is 6.07 Å². The number of tetrazole rings is 1. The van der Waals surface area contributed by atoms with E-state index in [-0.39, 0.29) is 29.6 Å². The van der Waals surface area contributed by atoms with Gasteiger partial charge in [0.2, 0.25) is 11.8 Å². The van der Waals surface area contributed by atoms with Gasteiger partial charge >= 0.3 is 0 Å². The fraction of sp³-hybridized carbons (Fsp3) is 0.0556. The van der Waals surface area contributed by atoms with Crippen LogP contribution < -0.4 is 5.32 Å². The summed E-state index contributed by atoms with van der Waals surface area (Å²) in [7, 11) is 0. The van der Waals surface area contributed by atoms with Gasteiger partial charge < -0.3 is 10.4 Å². The number of nitrogens with zero attached hydrogens (tertiary/aromatic N) is 5. The summed E-state index contributed by atoms with van der Waals surface area (Å²) in [5.41, 5.74) is 1.90. The molecule has 0 fully saturated rings. The molecular formula is C18H13ClFN7O. The van der Waals surface area contributed by atoms with Crippen LogP contribution in [0.15, 0.2) is 48.7 Å². The number of aromatic nitrogens is 6. The second-order valence-corrected chi connectivity index (χ2v) is 6.26. The minimum absolute atomic E-state index is 0.0511. The Balaban J connectivity index is 1.57. The Morgan fingerprint density at radius 1 is 1.18 bits per heavy atom. The summed E-state index contributed by atoms with van der Waals surface area (Å²) in [5, 5.41) is 27.1. The molecule has 0 aliphatic carbocycles. The number of hydrogen-bond donors (Lipinski definition) is 3. The smallest absolute Gasteiger partial charge is 0.227 e. The summed E-state index contributed by atoms with van der Waals surface area (Å²) in [6.45, 7) is 0. The predicted molar refractivity (Wildman–Crippen MR) is 101 cm³/mol. The van der Waals surface area contributed by atoms with Crippen LogP contribution in [0.25, 0.3) is 11.4 Å². The van der Waals surface area contributed by atoms with Gasteiger partial charge in [-0.15, -0.1) is 10.2 Å².